The molecule has 11 rings (SSSR count). The number of fused-ring (bicyclic) bond motifs is 3. The summed E-state index contributed by atoms with van der Waals surface area (Å²) in [6.07, 6.45) is 9.44. The van der Waals surface area contributed by atoms with Gasteiger partial charge < -0.3 is 19.6 Å². The van der Waals surface area contributed by atoms with Gasteiger partial charge in [-0.15, -0.1) is 0 Å². The van der Waals surface area contributed by atoms with E-state index < -0.39 is 11.9 Å². The normalized spacial score (nSPS) is 19.9. The number of hydrogen-bond donors (Lipinski definition) is 3. The molecule has 4 aromatic carbocycles. The van der Waals surface area contributed by atoms with E-state index in [0.29, 0.717) is 66.4 Å². The van der Waals surface area contributed by atoms with Crippen LogP contribution >= 0.6 is 11.3 Å². The lowest BCUT2D eigenvalue weighted by atomic mass is 9.84. The number of ether oxygens (including phenoxy) is 1. The Morgan fingerprint density at radius 1 is 0.851 bits per heavy atom. The van der Waals surface area contributed by atoms with E-state index in [2.05, 4.69) is 55.4 Å². The van der Waals surface area contributed by atoms with E-state index in [1.165, 1.54) is 30.6 Å². The number of pyridine rings is 1. The van der Waals surface area contributed by atoms with Crippen molar-refractivity contribution in [1.82, 2.24) is 30.0 Å². The van der Waals surface area contributed by atoms with Gasteiger partial charge in [0, 0.05) is 75.3 Å². The highest BCUT2D eigenvalue weighted by Crippen LogP contribution is 2.39. The van der Waals surface area contributed by atoms with Crippen LogP contribution in [0.3, 0.4) is 0 Å². The third kappa shape index (κ3) is 9.96. The Morgan fingerprint density at radius 2 is 1.65 bits per heavy atom. The van der Waals surface area contributed by atoms with Crippen molar-refractivity contribution in [3.8, 4) is 16.9 Å². The molecular formula is C58H63N9O6S. The molecule has 15 nitrogen and oxygen atoms in total. The maximum absolute atomic E-state index is 13.7. The van der Waals surface area contributed by atoms with Crippen molar-refractivity contribution in [2.75, 3.05) is 47.8 Å². The molecule has 1 unspecified atom stereocenters. The Balaban J connectivity index is 0.664. The smallest absolute Gasteiger partial charge is 0.355 e. The van der Waals surface area contributed by atoms with Gasteiger partial charge in [0.15, 0.2) is 10.8 Å². The van der Waals surface area contributed by atoms with E-state index in [9.17, 15) is 24.3 Å². The number of piperidine rings is 1. The number of carboxylic acid groups (broad SMARTS) is 1. The monoisotopic (exact) mass is 1010 g/mol. The van der Waals surface area contributed by atoms with Crippen molar-refractivity contribution >= 4 is 72.8 Å². The number of carbonyl (C=O) groups is 4. The quantitative estimate of drug-likeness (QED) is 0.0881. The van der Waals surface area contributed by atoms with Crippen molar-refractivity contribution in [3.05, 3.63) is 125 Å². The molecule has 7 aromatic rings. The van der Waals surface area contributed by atoms with Gasteiger partial charge in [0.25, 0.3) is 5.91 Å². The standard InChI is InChI=1S/C58H63N9O6S/c1-35(65-30-32-66(33-31-65)47-17-8-15-43-52(63-64(3)54(43)47)44-25-27-51(68)61-56(44)70)10-6-11-37-20-22-39(23-21-37)73-48-18-9-13-40(36(48)2)41-24-26-50(60-53(41)57(71)72)67-29-28-38-12-7-14-42(45(38)34-67)55(69)62-58-59-46-16-4-5-19-49(46)74-58/h4-5,7-9,12-19,24,26,35,37,39,44H,6,10-11,20-23,25,27-34H2,1-3H3,(H,71,72)(H,59,62,69)(H,61,68,70)/t35-,37-,39-,44?/m0/s1. The van der Waals surface area contributed by atoms with Crippen LogP contribution in [0.15, 0.2) is 91.0 Å². The van der Waals surface area contributed by atoms with Crippen LogP contribution in [0.4, 0.5) is 16.6 Å². The molecule has 1 aliphatic carbocycles. The number of aromatic carboxylic acids is 1. The number of thiazole rings is 1. The zero-order valence-electron chi connectivity index (χ0n) is 42.3. The van der Waals surface area contributed by atoms with Crippen molar-refractivity contribution in [1.29, 1.82) is 0 Å². The summed E-state index contributed by atoms with van der Waals surface area (Å²) in [5.74, 6) is -0.215. The minimum absolute atomic E-state index is 0.0189. The van der Waals surface area contributed by atoms with Crippen molar-refractivity contribution in [2.24, 2.45) is 13.0 Å². The second kappa shape index (κ2) is 21.0. The molecule has 2 saturated heterocycles. The molecule has 4 aliphatic rings. The number of hydrogen-bond acceptors (Lipinski definition) is 12. The summed E-state index contributed by atoms with van der Waals surface area (Å²) in [6.45, 7) is 9.24. The highest BCUT2D eigenvalue weighted by molar-refractivity contribution is 7.22. The molecular weight excluding hydrogens is 951 g/mol. The van der Waals surface area contributed by atoms with Gasteiger partial charge >= 0.3 is 5.97 Å². The topological polar surface area (TPSA) is 175 Å². The summed E-state index contributed by atoms with van der Waals surface area (Å²) in [4.78, 5) is 67.6. The van der Waals surface area contributed by atoms with E-state index in [-0.39, 0.29) is 29.5 Å². The molecule has 1 saturated carbocycles. The van der Waals surface area contributed by atoms with Gasteiger partial charge in [-0.3, -0.25) is 34.6 Å². The third-order valence-corrected chi connectivity index (χ3v) is 17.0. The Labute approximate surface area is 434 Å². The van der Waals surface area contributed by atoms with Crippen LogP contribution in [0.25, 0.3) is 32.2 Å². The zero-order chi connectivity index (χ0) is 51.0. The summed E-state index contributed by atoms with van der Waals surface area (Å²) >= 11 is 1.44. The van der Waals surface area contributed by atoms with Gasteiger partial charge in [-0.05, 0) is 129 Å². The fourth-order valence-corrected chi connectivity index (χ4v) is 12.8. The lowest BCUT2D eigenvalue weighted by Crippen LogP contribution is -2.49. The minimum Gasteiger partial charge on any atom is -0.490 e. The highest BCUT2D eigenvalue weighted by atomic mass is 32.1. The number of nitrogens with zero attached hydrogens (tertiary/aromatic N) is 7. The number of imide groups is 1. The van der Waals surface area contributed by atoms with Gasteiger partial charge in [-0.1, -0.05) is 72.7 Å². The predicted octanol–water partition coefficient (Wildman–Crippen LogP) is 9.91. The first-order valence-corrected chi connectivity index (χ1v) is 27.1. The van der Waals surface area contributed by atoms with Crippen molar-refractivity contribution < 1.29 is 29.0 Å². The number of anilines is 3. The average Bonchev–Trinajstić information content (AvgIpc) is 3.99. The molecule has 6 heterocycles. The van der Waals surface area contributed by atoms with Crippen LogP contribution in [0.1, 0.15) is 114 Å². The molecule has 3 fully saturated rings. The van der Waals surface area contributed by atoms with Gasteiger partial charge in [-0.25, -0.2) is 14.8 Å². The summed E-state index contributed by atoms with van der Waals surface area (Å²) in [5.41, 5.74) is 8.53. The van der Waals surface area contributed by atoms with E-state index >= 15 is 0 Å². The fourth-order valence-electron chi connectivity index (χ4n) is 11.9. The number of carbonyl (C=O) groups excluding carboxylic acids is 3. The molecule has 16 heteroatoms. The van der Waals surface area contributed by atoms with Crippen LogP contribution < -0.4 is 25.2 Å². The number of amides is 3. The molecule has 2 atom stereocenters. The molecule has 3 amide bonds. The molecule has 0 bridgehead atoms. The Kier molecular flexibility index (Phi) is 13.9. The van der Waals surface area contributed by atoms with E-state index in [4.69, 9.17) is 14.8 Å². The van der Waals surface area contributed by atoms with Crippen LogP contribution in [-0.2, 0) is 29.6 Å². The highest BCUT2D eigenvalue weighted by Gasteiger charge is 2.33. The second-order valence-electron chi connectivity index (χ2n) is 20.6. The number of benzene rings is 4. The summed E-state index contributed by atoms with van der Waals surface area (Å²) in [7, 11) is 1.95. The average molecular weight is 1010 g/mol. The van der Waals surface area contributed by atoms with Gasteiger partial charge in [0.05, 0.1) is 39.1 Å². The number of aromatic nitrogens is 4. The maximum Gasteiger partial charge on any atom is 0.355 e. The number of aryl methyl sites for hydroxylation is 1. The minimum atomic E-state index is -1.10. The summed E-state index contributed by atoms with van der Waals surface area (Å²) in [6, 6.07) is 30.0. The number of rotatable bonds is 14. The van der Waals surface area contributed by atoms with Crippen LogP contribution in [0.5, 0.6) is 5.75 Å². The molecule has 3 N–H and O–H groups in total. The van der Waals surface area contributed by atoms with Crippen LogP contribution in [-0.4, -0.2) is 98.3 Å². The van der Waals surface area contributed by atoms with Crippen LogP contribution in [0, 0.1) is 12.8 Å². The first-order valence-electron chi connectivity index (χ1n) is 26.3. The number of para-hydroxylation sites is 2. The fraction of sp³-hybridized carbons (Fsp3) is 0.397. The second-order valence-corrected chi connectivity index (χ2v) is 21.6. The molecule has 382 valence electrons. The Hall–Kier alpha value is -7.17. The van der Waals surface area contributed by atoms with E-state index in [0.717, 1.165) is 112 Å². The lowest BCUT2D eigenvalue weighted by molar-refractivity contribution is -0.134. The van der Waals surface area contributed by atoms with Gasteiger partial charge in [0.1, 0.15) is 11.6 Å². The van der Waals surface area contributed by atoms with Gasteiger partial charge in [-0.2, -0.15) is 5.10 Å². The summed E-state index contributed by atoms with van der Waals surface area (Å²) < 4.78 is 9.61. The van der Waals surface area contributed by atoms with E-state index in [1.54, 1.807) is 0 Å². The largest absolute Gasteiger partial charge is 0.490 e. The molecule has 3 aliphatic heterocycles. The van der Waals surface area contributed by atoms with Crippen LogP contribution in [0.2, 0.25) is 0 Å². The molecule has 74 heavy (non-hydrogen) atoms. The third-order valence-electron chi connectivity index (χ3n) is 16.1. The Bertz CT molecular complexity index is 3250. The predicted molar refractivity (Wildman–Crippen MR) is 289 cm³/mol. The lowest BCUT2D eigenvalue weighted by Gasteiger charge is -2.39. The number of nitrogens with one attached hydrogen (secondary N) is 2. The summed E-state index contributed by atoms with van der Waals surface area (Å²) in [5, 5.41) is 22.4. The molecule has 0 spiro atoms. The molecule has 3 aromatic heterocycles. The SMILES string of the molecule is Cc1c(O[C@H]2CC[C@H](CCC[C@H](C)N3CCN(c4cccc5c(C6CCC(=O)NC6=O)nn(C)c45)CC3)CC2)cccc1-c1ccc(N2CCc3cccc(C(=O)Nc4nc5ccccc5s4)c3C2)nc1C(=O)O. The zero-order valence-corrected chi connectivity index (χ0v) is 43.1. The number of piperazine rings is 1. The van der Waals surface area contributed by atoms with Gasteiger partial charge in [0.2, 0.25) is 11.8 Å². The first kappa shape index (κ1) is 49.1. The Morgan fingerprint density at radius 3 is 2.45 bits per heavy atom. The first-order chi connectivity index (χ1) is 35.9. The number of carboxylic acids is 1. The molecule has 0 radical (unpaired) electrons. The van der Waals surface area contributed by atoms with Crippen molar-refractivity contribution in [2.45, 2.75) is 103 Å². The van der Waals surface area contributed by atoms with E-state index in [1.807, 2.05) is 91.4 Å². The maximum atomic E-state index is 13.7. The van der Waals surface area contributed by atoms with Crippen molar-refractivity contribution in [3.63, 3.8) is 0 Å².